The SMILES string of the molecule is O=C(O)C1(c2ccccc2S(=O)(=O)C2CC2)CC1. The second-order valence-electron chi connectivity index (χ2n) is 5.13. The first kappa shape index (κ1) is 11.7. The van der Waals surface area contributed by atoms with Crippen molar-refractivity contribution in [3.05, 3.63) is 29.8 Å². The van der Waals surface area contributed by atoms with E-state index in [0.29, 0.717) is 31.2 Å². The molecule has 1 N–H and O–H groups in total. The Morgan fingerprint density at radius 3 is 2.33 bits per heavy atom. The molecule has 1 aromatic carbocycles. The highest BCUT2D eigenvalue weighted by Crippen LogP contribution is 2.51. The van der Waals surface area contributed by atoms with Crippen LogP contribution < -0.4 is 0 Å². The molecular formula is C13H14O4S. The van der Waals surface area contributed by atoms with Crippen LogP contribution in [0.25, 0.3) is 0 Å². The molecule has 96 valence electrons. The largest absolute Gasteiger partial charge is 0.481 e. The summed E-state index contributed by atoms with van der Waals surface area (Å²) < 4.78 is 24.6. The number of hydrogen-bond donors (Lipinski definition) is 1. The monoisotopic (exact) mass is 266 g/mol. The quantitative estimate of drug-likeness (QED) is 0.901. The highest BCUT2D eigenvalue weighted by atomic mass is 32.2. The topological polar surface area (TPSA) is 71.4 Å². The Morgan fingerprint density at radius 2 is 1.83 bits per heavy atom. The molecule has 18 heavy (non-hydrogen) atoms. The molecule has 1 aromatic rings. The van der Waals surface area contributed by atoms with Crippen LogP contribution in [-0.4, -0.2) is 24.7 Å². The van der Waals surface area contributed by atoms with Gasteiger partial charge >= 0.3 is 5.97 Å². The summed E-state index contributed by atoms with van der Waals surface area (Å²) >= 11 is 0. The van der Waals surface area contributed by atoms with Crippen LogP contribution in [0.5, 0.6) is 0 Å². The maximum atomic E-state index is 12.3. The number of carbonyl (C=O) groups is 1. The van der Waals surface area contributed by atoms with Gasteiger partial charge in [0.2, 0.25) is 0 Å². The van der Waals surface area contributed by atoms with Gasteiger partial charge in [-0.05, 0) is 37.3 Å². The fourth-order valence-electron chi connectivity index (χ4n) is 2.39. The van der Waals surface area contributed by atoms with Crippen LogP contribution in [0.4, 0.5) is 0 Å². The number of hydrogen-bond acceptors (Lipinski definition) is 3. The minimum atomic E-state index is -3.34. The number of aliphatic carboxylic acids is 1. The van der Waals surface area contributed by atoms with E-state index < -0.39 is 21.2 Å². The summed E-state index contributed by atoms with van der Waals surface area (Å²) in [6, 6.07) is 6.57. The Labute approximate surface area is 106 Å². The molecule has 5 heteroatoms. The standard InChI is InChI=1S/C13H14O4S/c14-12(15)13(7-8-13)10-3-1-2-4-11(10)18(16,17)9-5-6-9/h1-4,9H,5-8H2,(H,14,15). The van der Waals surface area contributed by atoms with Gasteiger partial charge in [0, 0.05) is 0 Å². The minimum Gasteiger partial charge on any atom is -0.481 e. The van der Waals surface area contributed by atoms with Crippen LogP contribution in [0, 0.1) is 0 Å². The van der Waals surface area contributed by atoms with Crippen molar-refractivity contribution in [3.63, 3.8) is 0 Å². The first-order valence-corrected chi connectivity index (χ1v) is 7.60. The van der Waals surface area contributed by atoms with Gasteiger partial charge in [-0.3, -0.25) is 4.79 Å². The second kappa shape index (κ2) is 3.57. The predicted molar refractivity (Wildman–Crippen MR) is 65.2 cm³/mol. The summed E-state index contributed by atoms with van der Waals surface area (Å²) in [4.78, 5) is 11.6. The van der Waals surface area contributed by atoms with E-state index in [1.54, 1.807) is 24.3 Å². The van der Waals surface area contributed by atoms with Crippen molar-refractivity contribution in [2.24, 2.45) is 0 Å². The fraction of sp³-hybridized carbons (Fsp3) is 0.462. The van der Waals surface area contributed by atoms with Gasteiger partial charge < -0.3 is 5.11 Å². The van der Waals surface area contributed by atoms with Gasteiger partial charge in [0.1, 0.15) is 0 Å². The molecule has 0 spiro atoms. The molecular weight excluding hydrogens is 252 g/mol. The Morgan fingerprint density at radius 1 is 1.22 bits per heavy atom. The Kier molecular flexibility index (Phi) is 2.32. The summed E-state index contributed by atoms with van der Waals surface area (Å²) in [5, 5.41) is 9.00. The van der Waals surface area contributed by atoms with E-state index in [1.165, 1.54) is 0 Å². The van der Waals surface area contributed by atoms with Crippen molar-refractivity contribution >= 4 is 15.8 Å². The lowest BCUT2D eigenvalue weighted by atomic mass is 9.96. The minimum absolute atomic E-state index is 0.229. The van der Waals surface area contributed by atoms with Crippen molar-refractivity contribution < 1.29 is 18.3 Å². The molecule has 4 nitrogen and oxygen atoms in total. The van der Waals surface area contributed by atoms with Crippen LogP contribution in [0.1, 0.15) is 31.2 Å². The highest BCUT2D eigenvalue weighted by molar-refractivity contribution is 7.92. The Bertz CT molecular complexity index is 610. The summed E-state index contributed by atoms with van der Waals surface area (Å²) in [7, 11) is -3.34. The third-order valence-electron chi connectivity index (χ3n) is 3.83. The van der Waals surface area contributed by atoms with Crippen molar-refractivity contribution in [1.29, 1.82) is 0 Å². The van der Waals surface area contributed by atoms with Crippen LogP contribution in [0.2, 0.25) is 0 Å². The molecule has 0 aromatic heterocycles. The number of sulfone groups is 1. The van der Waals surface area contributed by atoms with E-state index in [1.807, 2.05) is 0 Å². The highest BCUT2D eigenvalue weighted by Gasteiger charge is 2.54. The third-order valence-corrected chi connectivity index (χ3v) is 6.15. The molecule has 2 saturated carbocycles. The van der Waals surface area contributed by atoms with E-state index in [0.717, 1.165) is 0 Å². The molecule has 0 heterocycles. The molecule has 0 bridgehead atoms. The molecule has 0 aliphatic heterocycles. The van der Waals surface area contributed by atoms with Crippen molar-refractivity contribution in [1.82, 2.24) is 0 Å². The van der Waals surface area contributed by atoms with Crippen LogP contribution >= 0.6 is 0 Å². The lowest BCUT2D eigenvalue weighted by Crippen LogP contribution is -2.23. The van der Waals surface area contributed by atoms with E-state index >= 15 is 0 Å². The number of benzene rings is 1. The van der Waals surface area contributed by atoms with Gasteiger partial charge in [-0.15, -0.1) is 0 Å². The maximum absolute atomic E-state index is 12.3. The Hall–Kier alpha value is -1.36. The van der Waals surface area contributed by atoms with E-state index in [4.69, 9.17) is 0 Å². The van der Waals surface area contributed by atoms with Crippen LogP contribution in [0.3, 0.4) is 0 Å². The molecule has 0 atom stereocenters. The zero-order valence-electron chi connectivity index (χ0n) is 9.80. The molecule has 0 radical (unpaired) electrons. The van der Waals surface area contributed by atoms with Gasteiger partial charge in [-0.1, -0.05) is 18.2 Å². The maximum Gasteiger partial charge on any atom is 0.314 e. The number of carboxylic acids is 1. The van der Waals surface area contributed by atoms with Gasteiger partial charge in [-0.25, -0.2) is 8.42 Å². The fourth-order valence-corrected chi connectivity index (χ4v) is 4.35. The first-order chi connectivity index (χ1) is 8.48. The summed E-state index contributed by atoms with van der Waals surface area (Å²) in [6.07, 6.45) is 2.44. The number of rotatable bonds is 4. The van der Waals surface area contributed by atoms with Crippen molar-refractivity contribution in [3.8, 4) is 0 Å². The van der Waals surface area contributed by atoms with E-state index in [-0.39, 0.29) is 10.1 Å². The Balaban J connectivity index is 2.15. The summed E-state index contributed by atoms with van der Waals surface area (Å²) in [6.45, 7) is 0. The normalized spacial score (nSPS) is 21.6. The first-order valence-electron chi connectivity index (χ1n) is 6.05. The lowest BCUT2D eigenvalue weighted by Gasteiger charge is -2.15. The molecule has 0 amide bonds. The average Bonchev–Trinajstić information content (AvgIpc) is 3.18. The molecule has 0 saturated heterocycles. The van der Waals surface area contributed by atoms with Crippen molar-refractivity contribution in [2.45, 2.75) is 41.2 Å². The zero-order valence-corrected chi connectivity index (χ0v) is 10.6. The van der Waals surface area contributed by atoms with E-state index in [2.05, 4.69) is 0 Å². The molecule has 2 fully saturated rings. The van der Waals surface area contributed by atoms with Gasteiger partial charge in [0.25, 0.3) is 0 Å². The van der Waals surface area contributed by atoms with Crippen LogP contribution in [0.15, 0.2) is 29.2 Å². The van der Waals surface area contributed by atoms with Crippen LogP contribution in [-0.2, 0) is 20.0 Å². The molecule has 0 unspecified atom stereocenters. The predicted octanol–water partition coefficient (Wildman–Crippen LogP) is 1.74. The summed E-state index contributed by atoms with van der Waals surface area (Å²) in [5.41, 5.74) is -0.483. The third kappa shape index (κ3) is 1.57. The van der Waals surface area contributed by atoms with Crippen molar-refractivity contribution in [2.75, 3.05) is 0 Å². The lowest BCUT2D eigenvalue weighted by molar-refractivity contribution is -0.140. The average molecular weight is 266 g/mol. The van der Waals surface area contributed by atoms with Gasteiger partial charge in [-0.2, -0.15) is 0 Å². The molecule has 2 aliphatic carbocycles. The molecule has 2 aliphatic rings. The molecule has 3 rings (SSSR count). The number of carboxylic acid groups (broad SMARTS) is 1. The second-order valence-corrected chi connectivity index (χ2v) is 7.32. The zero-order chi connectivity index (χ0) is 13.0. The van der Waals surface area contributed by atoms with Gasteiger partial charge in [0.05, 0.1) is 15.6 Å². The smallest absolute Gasteiger partial charge is 0.314 e. The summed E-state index contributed by atoms with van der Waals surface area (Å²) in [5.74, 6) is -0.916. The van der Waals surface area contributed by atoms with Gasteiger partial charge in [0.15, 0.2) is 9.84 Å². The van der Waals surface area contributed by atoms with E-state index in [9.17, 15) is 18.3 Å².